The Hall–Kier alpha value is -3.61. The standard InChI is InChI=1S/C31H38N4O3/c1-4-22-14-16-24(17-15-22)27-19-28-29(36)34(20-23-10-9-13-26(18-23)38-3)31(2,21-35(28)33-27)30(37)32-25-11-7-5-6-8-12-25/h9-10,13-19,25H,4-8,11-12,20-21H2,1-3H3,(H,32,37)/t31-/m1/s1. The van der Waals surface area contributed by atoms with E-state index in [9.17, 15) is 9.59 Å². The number of aryl methyl sites for hydroxylation is 1. The molecule has 2 heterocycles. The number of nitrogens with one attached hydrogen (secondary N) is 1. The molecule has 0 radical (unpaired) electrons. The molecule has 1 saturated carbocycles. The average Bonchev–Trinajstić information content (AvgIpc) is 3.19. The summed E-state index contributed by atoms with van der Waals surface area (Å²) >= 11 is 0. The van der Waals surface area contributed by atoms with Crippen molar-refractivity contribution in [3.8, 4) is 17.0 Å². The van der Waals surface area contributed by atoms with Crippen LogP contribution < -0.4 is 10.1 Å². The lowest BCUT2D eigenvalue weighted by Gasteiger charge is -2.44. The van der Waals surface area contributed by atoms with Gasteiger partial charge in [0.1, 0.15) is 17.0 Å². The second-order valence-corrected chi connectivity index (χ2v) is 10.8. The van der Waals surface area contributed by atoms with Crippen LogP contribution in [-0.2, 0) is 24.3 Å². The largest absolute Gasteiger partial charge is 0.497 e. The highest BCUT2D eigenvalue weighted by Gasteiger charge is 2.48. The van der Waals surface area contributed by atoms with Crippen LogP contribution in [0.25, 0.3) is 11.3 Å². The van der Waals surface area contributed by atoms with Crippen molar-refractivity contribution in [1.29, 1.82) is 0 Å². The van der Waals surface area contributed by atoms with Crippen molar-refractivity contribution < 1.29 is 14.3 Å². The minimum absolute atomic E-state index is 0.115. The predicted octanol–water partition coefficient (Wildman–Crippen LogP) is 5.37. The number of rotatable bonds is 7. The van der Waals surface area contributed by atoms with Crippen LogP contribution in [0.3, 0.4) is 0 Å². The third-order valence-corrected chi connectivity index (χ3v) is 8.11. The molecule has 2 aliphatic rings. The Morgan fingerprint density at radius 1 is 1.05 bits per heavy atom. The first-order chi connectivity index (χ1) is 18.4. The van der Waals surface area contributed by atoms with Gasteiger partial charge in [-0.2, -0.15) is 5.10 Å². The zero-order valence-corrected chi connectivity index (χ0v) is 22.7. The molecular weight excluding hydrogens is 476 g/mol. The van der Waals surface area contributed by atoms with Gasteiger partial charge in [0.15, 0.2) is 0 Å². The van der Waals surface area contributed by atoms with Gasteiger partial charge in [-0.25, -0.2) is 0 Å². The monoisotopic (exact) mass is 514 g/mol. The minimum Gasteiger partial charge on any atom is -0.497 e. The normalized spacial score (nSPS) is 20.1. The Bertz CT molecular complexity index is 1290. The molecule has 38 heavy (non-hydrogen) atoms. The van der Waals surface area contributed by atoms with Crippen LogP contribution in [0.15, 0.2) is 54.6 Å². The molecule has 0 spiro atoms. The fourth-order valence-electron chi connectivity index (χ4n) is 5.66. The molecule has 1 N–H and O–H groups in total. The predicted molar refractivity (Wildman–Crippen MR) is 148 cm³/mol. The first-order valence-electron chi connectivity index (χ1n) is 13.8. The number of aromatic nitrogens is 2. The minimum atomic E-state index is -1.09. The number of benzene rings is 2. The number of methoxy groups -OCH3 is 1. The summed E-state index contributed by atoms with van der Waals surface area (Å²) in [6, 6.07) is 17.9. The van der Waals surface area contributed by atoms with Gasteiger partial charge in [-0.05, 0) is 55.5 Å². The maximum absolute atomic E-state index is 14.0. The fraction of sp³-hybridized carbons (Fsp3) is 0.452. The van der Waals surface area contributed by atoms with Crippen LogP contribution in [-0.4, -0.2) is 45.2 Å². The molecule has 2 aromatic carbocycles. The van der Waals surface area contributed by atoms with Crippen LogP contribution in [0.5, 0.6) is 5.75 Å². The average molecular weight is 515 g/mol. The smallest absolute Gasteiger partial charge is 0.273 e. The van der Waals surface area contributed by atoms with E-state index in [4.69, 9.17) is 9.84 Å². The summed E-state index contributed by atoms with van der Waals surface area (Å²) < 4.78 is 7.13. The second kappa shape index (κ2) is 11.0. The molecule has 0 unspecified atom stereocenters. The van der Waals surface area contributed by atoms with E-state index < -0.39 is 5.54 Å². The molecule has 1 aromatic heterocycles. The van der Waals surface area contributed by atoms with Gasteiger partial charge < -0.3 is 15.0 Å². The Kier molecular flexibility index (Phi) is 7.54. The molecule has 5 rings (SSSR count). The van der Waals surface area contributed by atoms with Crippen LogP contribution >= 0.6 is 0 Å². The zero-order chi connectivity index (χ0) is 26.7. The molecule has 7 nitrogen and oxygen atoms in total. The van der Waals surface area contributed by atoms with E-state index in [1.807, 2.05) is 49.4 Å². The van der Waals surface area contributed by atoms with E-state index in [2.05, 4.69) is 24.4 Å². The molecule has 1 aliphatic carbocycles. The van der Waals surface area contributed by atoms with Crippen molar-refractivity contribution in [2.45, 2.75) is 83.5 Å². The third kappa shape index (κ3) is 5.19. The highest BCUT2D eigenvalue weighted by molar-refractivity contribution is 6.00. The number of nitrogens with zero attached hydrogens (tertiary/aromatic N) is 3. The van der Waals surface area contributed by atoms with Crippen LogP contribution in [0.4, 0.5) is 0 Å². The summed E-state index contributed by atoms with van der Waals surface area (Å²) in [7, 11) is 1.63. The van der Waals surface area contributed by atoms with Gasteiger partial charge in [-0.3, -0.25) is 14.3 Å². The van der Waals surface area contributed by atoms with E-state index in [-0.39, 0.29) is 17.9 Å². The van der Waals surface area contributed by atoms with Crippen LogP contribution in [0, 0.1) is 0 Å². The quantitative estimate of drug-likeness (QED) is 0.430. The van der Waals surface area contributed by atoms with E-state index >= 15 is 0 Å². The maximum Gasteiger partial charge on any atom is 0.273 e. The summed E-state index contributed by atoms with van der Waals surface area (Å²) in [6.07, 6.45) is 7.60. The van der Waals surface area contributed by atoms with Crippen molar-refractivity contribution in [3.05, 3.63) is 71.4 Å². The van der Waals surface area contributed by atoms with Gasteiger partial charge in [0, 0.05) is 18.2 Å². The Labute approximate surface area is 225 Å². The number of hydrogen-bond acceptors (Lipinski definition) is 4. The number of hydrogen-bond donors (Lipinski definition) is 1. The van der Waals surface area contributed by atoms with Crippen molar-refractivity contribution in [2.75, 3.05) is 7.11 Å². The number of carbonyl (C=O) groups excluding carboxylic acids is 2. The zero-order valence-electron chi connectivity index (χ0n) is 22.7. The van der Waals surface area contributed by atoms with Gasteiger partial charge in [0.2, 0.25) is 5.91 Å². The highest BCUT2D eigenvalue weighted by atomic mass is 16.5. The number of carbonyl (C=O) groups is 2. The van der Waals surface area contributed by atoms with E-state index in [1.54, 1.807) is 16.7 Å². The Morgan fingerprint density at radius 3 is 2.47 bits per heavy atom. The second-order valence-electron chi connectivity index (χ2n) is 10.8. The summed E-state index contributed by atoms with van der Waals surface area (Å²) in [6.45, 7) is 4.60. The molecule has 0 bridgehead atoms. The summed E-state index contributed by atoms with van der Waals surface area (Å²) in [5.74, 6) is 0.414. The lowest BCUT2D eigenvalue weighted by atomic mass is 9.93. The topological polar surface area (TPSA) is 76.5 Å². The molecule has 1 atom stereocenters. The molecule has 7 heteroatoms. The van der Waals surface area contributed by atoms with E-state index in [0.29, 0.717) is 18.8 Å². The first-order valence-corrected chi connectivity index (χ1v) is 13.8. The summed E-state index contributed by atoms with van der Waals surface area (Å²) in [4.78, 5) is 29.7. The lowest BCUT2D eigenvalue weighted by molar-refractivity contribution is -0.134. The van der Waals surface area contributed by atoms with Gasteiger partial charge in [-0.15, -0.1) is 0 Å². The van der Waals surface area contributed by atoms with Crippen LogP contribution in [0.1, 0.15) is 74.0 Å². The maximum atomic E-state index is 14.0. The van der Waals surface area contributed by atoms with E-state index in [1.165, 1.54) is 18.4 Å². The Balaban J connectivity index is 1.49. The lowest BCUT2D eigenvalue weighted by Crippen LogP contribution is -2.64. The van der Waals surface area contributed by atoms with Gasteiger partial charge in [0.25, 0.3) is 5.91 Å². The van der Waals surface area contributed by atoms with Crippen molar-refractivity contribution >= 4 is 11.8 Å². The van der Waals surface area contributed by atoms with Gasteiger partial charge >= 0.3 is 0 Å². The molecule has 200 valence electrons. The first kappa shape index (κ1) is 26.0. The van der Waals surface area contributed by atoms with E-state index in [0.717, 1.165) is 54.7 Å². The number of amides is 2. The SMILES string of the molecule is CCc1ccc(-c2cc3n(n2)C[C@](C)(C(=O)NC2CCCCCC2)N(Cc2cccc(OC)c2)C3=O)cc1. The highest BCUT2D eigenvalue weighted by Crippen LogP contribution is 2.32. The number of ether oxygens (including phenoxy) is 1. The molecule has 1 fully saturated rings. The Morgan fingerprint density at radius 2 is 1.79 bits per heavy atom. The van der Waals surface area contributed by atoms with Crippen molar-refractivity contribution in [2.24, 2.45) is 0 Å². The summed E-state index contributed by atoms with van der Waals surface area (Å²) in [5, 5.41) is 8.12. The third-order valence-electron chi connectivity index (χ3n) is 8.11. The molecule has 3 aromatic rings. The van der Waals surface area contributed by atoms with Crippen molar-refractivity contribution in [1.82, 2.24) is 20.0 Å². The van der Waals surface area contributed by atoms with Gasteiger partial charge in [0.05, 0.1) is 19.3 Å². The fourth-order valence-corrected chi connectivity index (χ4v) is 5.66. The van der Waals surface area contributed by atoms with Crippen LogP contribution in [0.2, 0.25) is 0 Å². The number of fused-ring (bicyclic) bond motifs is 1. The molecule has 0 saturated heterocycles. The summed E-state index contributed by atoms with van der Waals surface area (Å²) in [5.41, 5.74) is 3.28. The molecule has 2 amide bonds. The van der Waals surface area contributed by atoms with Gasteiger partial charge in [-0.1, -0.05) is 69.0 Å². The molecular formula is C31H38N4O3. The molecule has 1 aliphatic heterocycles. The van der Waals surface area contributed by atoms with Crippen molar-refractivity contribution in [3.63, 3.8) is 0 Å².